The fraction of sp³-hybridized carbons (Fsp3) is 0.839. The Morgan fingerprint density at radius 1 is 0.927 bits per heavy atom. The van der Waals surface area contributed by atoms with Crippen LogP contribution in [0.1, 0.15) is 111 Å². The van der Waals surface area contributed by atoms with E-state index >= 15 is 0 Å². The van der Waals surface area contributed by atoms with Gasteiger partial charge in [0.25, 0.3) is 5.91 Å². The predicted molar refractivity (Wildman–Crippen MR) is 158 cm³/mol. The molecule has 0 aromatic rings. The predicted octanol–water partition coefficient (Wildman–Crippen LogP) is 3.30. The molecule has 0 saturated carbocycles. The average molecular weight is 585 g/mol. The van der Waals surface area contributed by atoms with Crippen molar-refractivity contribution in [2.45, 2.75) is 147 Å². The summed E-state index contributed by atoms with van der Waals surface area (Å²) in [4.78, 5) is 37.7. The standard InChI is InChI=1S/C31H56N2O8/c1-5-6-7-8-9-10-11-12-13-14-15-16-26(35)41-23-18-19-24(30(38)32-21-23)33-31(39)29(40-4)28(37)27(36)25(34)20-17-22(2)3/h17,20,22-25,27-29,34,36-37H,5-16,18-19,21H2,1-4H3,(H,32,38)(H,33,39)/b20-17+. The van der Waals surface area contributed by atoms with Gasteiger partial charge in [0, 0.05) is 13.5 Å². The van der Waals surface area contributed by atoms with Crippen molar-refractivity contribution < 1.29 is 39.2 Å². The van der Waals surface area contributed by atoms with E-state index in [9.17, 15) is 29.7 Å². The zero-order chi connectivity index (χ0) is 30.6. The van der Waals surface area contributed by atoms with E-state index in [0.717, 1.165) is 19.3 Å². The minimum absolute atomic E-state index is 0.122. The Hall–Kier alpha value is -2.01. The van der Waals surface area contributed by atoms with Crippen LogP contribution in [0.5, 0.6) is 0 Å². The number of carbonyl (C=O) groups is 3. The molecule has 0 aliphatic carbocycles. The lowest BCUT2D eigenvalue weighted by Gasteiger charge is -2.28. The van der Waals surface area contributed by atoms with Gasteiger partial charge in [-0.3, -0.25) is 14.4 Å². The largest absolute Gasteiger partial charge is 0.460 e. The number of aliphatic hydroxyl groups excluding tert-OH is 3. The number of carbonyl (C=O) groups excluding carboxylic acids is 3. The van der Waals surface area contributed by atoms with Gasteiger partial charge in [0.2, 0.25) is 5.91 Å². The molecule has 0 bridgehead atoms. The molecule has 0 spiro atoms. The first-order valence-electron chi connectivity index (χ1n) is 15.6. The van der Waals surface area contributed by atoms with E-state index in [-0.39, 0.29) is 24.9 Å². The van der Waals surface area contributed by atoms with Gasteiger partial charge in [-0.2, -0.15) is 0 Å². The number of methoxy groups -OCH3 is 1. The van der Waals surface area contributed by atoms with Crippen LogP contribution in [0.15, 0.2) is 12.2 Å². The SMILES string of the molecule is CCCCCCCCCCCCCC(=O)OC1CCC(NC(=O)C(OC)C(O)C(O)C(O)/C=C/C(C)C)C(=O)NC1. The number of allylic oxidation sites excluding steroid dienone is 1. The first kappa shape index (κ1) is 37.0. The highest BCUT2D eigenvalue weighted by molar-refractivity contribution is 5.89. The van der Waals surface area contributed by atoms with E-state index in [1.165, 1.54) is 64.6 Å². The Morgan fingerprint density at radius 2 is 1.51 bits per heavy atom. The molecule has 10 nitrogen and oxygen atoms in total. The molecule has 1 saturated heterocycles. The lowest BCUT2D eigenvalue weighted by atomic mass is 10.00. The maximum atomic E-state index is 12.8. The molecule has 0 aromatic carbocycles. The quantitative estimate of drug-likeness (QED) is 0.0782. The van der Waals surface area contributed by atoms with Crippen LogP contribution >= 0.6 is 0 Å². The number of unbranched alkanes of at least 4 members (excludes halogenated alkanes) is 10. The number of rotatable bonds is 21. The fourth-order valence-corrected chi connectivity index (χ4v) is 4.83. The van der Waals surface area contributed by atoms with E-state index in [1.54, 1.807) is 6.08 Å². The Labute approximate surface area is 246 Å². The van der Waals surface area contributed by atoms with Crippen LogP contribution in [0.3, 0.4) is 0 Å². The molecule has 1 fully saturated rings. The molecule has 1 aliphatic rings. The monoisotopic (exact) mass is 584 g/mol. The van der Waals surface area contributed by atoms with Gasteiger partial charge in [0.05, 0.1) is 6.54 Å². The summed E-state index contributed by atoms with van der Waals surface area (Å²) in [5.74, 6) is -1.40. The van der Waals surface area contributed by atoms with Crippen molar-refractivity contribution in [2.75, 3.05) is 13.7 Å². The van der Waals surface area contributed by atoms with Crippen LogP contribution in [-0.2, 0) is 23.9 Å². The molecule has 1 rings (SSSR count). The summed E-state index contributed by atoms with van der Waals surface area (Å²) in [7, 11) is 1.19. The third kappa shape index (κ3) is 15.7. The molecule has 1 heterocycles. The molecular formula is C31H56N2O8. The number of esters is 1. The normalized spacial score (nSPS) is 20.7. The third-order valence-corrected chi connectivity index (χ3v) is 7.41. The van der Waals surface area contributed by atoms with Crippen molar-refractivity contribution >= 4 is 17.8 Å². The number of hydrogen-bond acceptors (Lipinski definition) is 8. The van der Waals surface area contributed by atoms with Gasteiger partial charge < -0.3 is 35.4 Å². The maximum Gasteiger partial charge on any atom is 0.306 e. The molecular weight excluding hydrogens is 528 g/mol. The Balaban J connectivity index is 2.39. The van der Waals surface area contributed by atoms with Crippen molar-refractivity contribution in [3.63, 3.8) is 0 Å². The molecule has 5 N–H and O–H groups in total. The lowest BCUT2D eigenvalue weighted by molar-refractivity contribution is -0.151. The first-order valence-corrected chi connectivity index (χ1v) is 15.6. The highest BCUT2D eigenvalue weighted by Gasteiger charge is 2.37. The minimum atomic E-state index is -1.73. The number of amides is 2. The van der Waals surface area contributed by atoms with Gasteiger partial charge in [0.15, 0.2) is 6.10 Å². The highest BCUT2D eigenvalue weighted by atomic mass is 16.5. The summed E-state index contributed by atoms with van der Waals surface area (Å²) in [5.41, 5.74) is 0. The Morgan fingerprint density at radius 3 is 2.07 bits per heavy atom. The van der Waals surface area contributed by atoms with Gasteiger partial charge in [-0.15, -0.1) is 0 Å². The molecule has 6 unspecified atom stereocenters. The number of nitrogens with one attached hydrogen (secondary N) is 2. The summed E-state index contributed by atoms with van der Waals surface area (Å²) < 4.78 is 10.7. The molecule has 0 aromatic heterocycles. The van der Waals surface area contributed by atoms with Crippen molar-refractivity contribution in [3.05, 3.63) is 12.2 Å². The molecule has 41 heavy (non-hydrogen) atoms. The van der Waals surface area contributed by atoms with Crippen LogP contribution < -0.4 is 10.6 Å². The number of ether oxygens (including phenoxy) is 2. The summed E-state index contributed by atoms with van der Waals surface area (Å²) >= 11 is 0. The van der Waals surface area contributed by atoms with E-state index in [1.807, 2.05) is 13.8 Å². The zero-order valence-electron chi connectivity index (χ0n) is 25.7. The van der Waals surface area contributed by atoms with Crippen molar-refractivity contribution in [1.29, 1.82) is 0 Å². The average Bonchev–Trinajstić information content (AvgIpc) is 3.11. The topological polar surface area (TPSA) is 154 Å². The lowest BCUT2D eigenvalue weighted by Crippen LogP contribution is -2.55. The number of aliphatic hydroxyl groups is 3. The van der Waals surface area contributed by atoms with Crippen molar-refractivity contribution in [1.82, 2.24) is 10.6 Å². The van der Waals surface area contributed by atoms with Crippen LogP contribution in [-0.4, -0.2) is 83.3 Å². The van der Waals surface area contributed by atoms with Crippen molar-refractivity contribution in [3.8, 4) is 0 Å². The minimum Gasteiger partial charge on any atom is -0.460 e. The smallest absolute Gasteiger partial charge is 0.306 e. The van der Waals surface area contributed by atoms with Crippen LogP contribution in [0.2, 0.25) is 0 Å². The molecule has 0 radical (unpaired) electrons. The Kier molecular flexibility index (Phi) is 19.6. The molecule has 10 heteroatoms. The van der Waals surface area contributed by atoms with Gasteiger partial charge >= 0.3 is 5.97 Å². The zero-order valence-corrected chi connectivity index (χ0v) is 25.7. The maximum absolute atomic E-state index is 12.8. The highest BCUT2D eigenvalue weighted by Crippen LogP contribution is 2.16. The second-order valence-electron chi connectivity index (χ2n) is 11.5. The van der Waals surface area contributed by atoms with Gasteiger partial charge in [0.1, 0.15) is 30.5 Å². The summed E-state index contributed by atoms with van der Waals surface area (Å²) in [5, 5.41) is 36.1. The van der Waals surface area contributed by atoms with Crippen LogP contribution in [0, 0.1) is 5.92 Å². The molecule has 238 valence electrons. The third-order valence-electron chi connectivity index (χ3n) is 7.41. The number of hydrogen-bond donors (Lipinski definition) is 5. The van der Waals surface area contributed by atoms with E-state index in [4.69, 9.17) is 9.47 Å². The molecule has 1 aliphatic heterocycles. The van der Waals surface area contributed by atoms with Crippen LogP contribution in [0.25, 0.3) is 0 Å². The fourth-order valence-electron chi connectivity index (χ4n) is 4.83. The molecule has 2 amide bonds. The first-order chi connectivity index (χ1) is 19.6. The Bertz CT molecular complexity index is 775. The van der Waals surface area contributed by atoms with E-state index in [0.29, 0.717) is 12.8 Å². The van der Waals surface area contributed by atoms with Crippen molar-refractivity contribution in [2.24, 2.45) is 5.92 Å². The second-order valence-corrected chi connectivity index (χ2v) is 11.5. The summed E-state index contributed by atoms with van der Waals surface area (Å²) in [6.07, 6.45) is 10.3. The van der Waals surface area contributed by atoms with E-state index in [2.05, 4.69) is 17.6 Å². The van der Waals surface area contributed by atoms with E-state index < -0.39 is 48.4 Å². The van der Waals surface area contributed by atoms with Crippen LogP contribution in [0.4, 0.5) is 0 Å². The second kappa shape index (κ2) is 21.7. The van der Waals surface area contributed by atoms with Gasteiger partial charge in [-0.1, -0.05) is 97.1 Å². The van der Waals surface area contributed by atoms with Gasteiger partial charge in [-0.05, 0) is 25.2 Å². The summed E-state index contributed by atoms with van der Waals surface area (Å²) in [6.45, 7) is 6.16. The van der Waals surface area contributed by atoms with Gasteiger partial charge in [-0.25, -0.2) is 0 Å². The summed E-state index contributed by atoms with van der Waals surface area (Å²) in [6, 6.07) is -0.925. The molecule has 6 atom stereocenters.